The smallest absolute Gasteiger partial charge is 0.271 e. The van der Waals surface area contributed by atoms with Gasteiger partial charge in [0.05, 0.1) is 30.1 Å². The number of nitrogens with zero attached hydrogens (tertiary/aromatic N) is 3. The molecule has 1 fully saturated rings. The van der Waals surface area contributed by atoms with Crippen molar-refractivity contribution in [3.8, 4) is 0 Å². The van der Waals surface area contributed by atoms with Gasteiger partial charge >= 0.3 is 0 Å². The van der Waals surface area contributed by atoms with Crippen LogP contribution in [0.5, 0.6) is 0 Å². The van der Waals surface area contributed by atoms with Crippen molar-refractivity contribution >= 4 is 38.7 Å². The molecule has 1 aliphatic heterocycles. The molecule has 0 aliphatic carbocycles. The molecule has 0 aromatic heterocycles. The van der Waals surface area contributed by atoms with Crippen LogP contribution in [0.2, 0.25) is 0 Å². The molecule has 0 spiro atoms. The SMILES string of the molecule is CS(=O)(=O)N(CCCC(=O)Nc1ccc(N2CCOCC2)cc1)c1cccc([N+](=O)[O-])c1. The maximum absolute atomic E-state index is 12.3. The number of ether oxygens (including phenoxy) is 1. The van der Waals surface area contributed by atoms with E-state index in [1.807, 2.05) is 24.3 Å². The van der Waals surface area contributed by atoms with Gasteiger partial charge in [0.2, 0.25) is 15.9 Å². The molecule has 32 heavy (non-hydrogen) atoms. The number of carbonyl (C=O) groups is 1. The van der Waals surface area contributed by atoms with Crippen LogP contribution in [0, 0.1) is 10.1 Å². The molecular formula is C21H26N4O6S. The predicted octanol–water partition coefficient (Wildman–Crippen LogP) is 2.62. The molecular weight excluding hydrogens is 436 g/mol. The van der Waals surface area contributed by atoms with Crippen molar-refractivity contribution in [2.24, 2.45) is 0 Å². The number of sulfonamides is 1. The van der Waals surface area contributed by atoms with Gasteiger partial charge in [0.15, 0.2) is 0 Å². The Balaban J connectivity index is 1.55. The third-order valence-electron chi connectivity index (χ3n) is 5.02. The summed E-state index contributed by atoms with van der Waals surface area (Å²) >= 11 is 0. The summed E-state index contributed by atoms with van der Waals surface area (Å²) in [4.78, 5) is 24.9. The van der Waals surface area contributed by atoms with Crippen LogP contribution in [-0.2, 0) is 19.6 Å². The first-order chi connectivity index (χ1) is 15.2. The summed E-state index contributed by atoms with van der Waals surface area (Å²) in [6, 6.07) is 13.0. The van der Waals surface area contributed by atoms with Crippen molar-refractivity contribution < 1.29 is 22.9 Å². The minimum absolute atomic E-state index is 0.0311. The minimum Gasteiger partial charge on any atom is -0.378 e. The molecule has 0 unspecified atom stereocenters. The summed E-state index contributed by atoms with van der Waals surface area (Å²) in [7, 11) is -3.67. The van der Waals surface area contributed by atoms with E-state index >= 15 is 0 Å². The highest BCUT2D eigenvalue weighted by Gasteiger charge is 2.20. The van der Waals surface area contributed by atoms with E-state index in [9.17, 15) is 23.3 Å². The average Bonchev–Trinajstić information content (AvgIpc) is 2.77. The van der Waals surface area contributed by atoms with Crippen LogP contribution < -0.4 is 14.5 Å². The van der Waals surface area contributed by atoms with Crippen molar-refractivity contribution in [1.29, 1.82) is 0 Å². The molecule has 0 radical (unpaired) electrons. The molecule has 1 heterocycles. The molecule has 3 rings (SSSR count). The topological polar surface area (TPSA) is 122 Å². The zero-order valence-corrected chi connectivity index (χ0v) is 18.6. The third-order valence-corrected chi connectivity index (χ3v) is 6.22. The molecule has 11 heteroatoms. The number of nitro groups is 1. The Labute approximate surface area is 187 Å². The van der Waals surface area contributed by atoms with Crippen molar-refractivity contribution in [3.63, 3.8) is 0 Å². The summed E-state index contributed by atoms with van der Waals surface area (Å²) in [5.74, 6) is -0.239. The van der Waals surface area contributed by atoms with Crippen molar-refractivity contribution in [1.82, 2.24) is 0 Å². The second-order valence-corrected chi connectivity index (χ2v) is 9.32. The maximum Gasteiger partial charge on any atom is 0.271 e. The van der Waals surface area contributed by atoms with E-state index in [1.165, 1.54) is 24.3 Å². The standard InChI is InChI=1S/C21H26N4O6S/c1-32(29,30)24(19-4-2-5-20(16-19)25(27)28)11-3-6-21(26)22-17-7-9-18(10-8-17)23-12-14-31-15-13-23/h2,4-5,7-10,16H,3,6,11-15H2,1H3,(H,22,26). The first-order valence-electron chi connectivity index (χ1n) is 10.2. The molecule has 0 bridgehead atoms. The molecule has 10 nitrogen and oxygen atoms in total. The number of hydrogen-bond donors (Lipinski definition) is 1. The van der Waals surface area contributed by atoms with Gasteiger partial charge in [0, 0.05) is 49.6 Å². The Bertz CT molecular complexity index is 1050. The van der Waals surface area contributed by atoms with Crippen LogP contribution in [0.1, 0.15) is 12.8 Å². The summed E-state index contributed by atoms with van der Waals surface area (Å²) in [5, 5.41) is 13.8. The van der Waals surface area contributed by atoms with Crippen LogP contribution in [0.15, 0.2) is 48.5 Å². The van der Waals surface area contributed by atoms with Crippen molar-refractivity contribution in [2.75, 3.05) is 53.6 Å². The number of amides is 1. The Morgan fingerprint density at radius 2 is 1.88 bits per heavy atom. The van der Waals surface area contributed by atoms with E-state index in [0.29, 0.717) is 18.9 Å². The van der Waals surface area contributed by atoms with Gasteiger partial charge in [-0.3, -0.25) is 19.2 Å². The lowest BCUT2D eigenvalue weighted by molar-refractivity contribution is -0.384. The van der Waals surface area contributed by atoms with Crippen LogP contribution >= 0.6 is 0 Å². The molecule has 1 saturated heterocycles. The monoisotopic (exact) mass is 462 g/mol. The Hall–Kier alpha value is -3.18. The van der Waals surface area contributed by atoms with Gasteiger partial charge in [-0.2, -0.15) is 0 Å². The van der Waals surface area contributed by atoms with Gasteiger partial charge in [-0.25, -0.2) is 8.42 Å². The van der Waals surface area contributed by atoms with Crippen LogP contribution in [0.4, 0.5) is 22.7 Å². The van der Waals surface area contributed by atoms with Crippen LogP contribution in [-0.4, -0.2) is 58.4 Å². The summed E-state index contributed by atoms with van der Waals surface area (Å²) in [5.41, 5.74) is 1.72. The minimum atomic E-state index is -3.67. The normalized spacial score (nSPS) is 14.1. The highest BCUT2D eigenvalue weighted by Crippen LogP contribution is 2.24. The second kappa shape index (κ2) is 10.4. The van der Waals surface area contributed by atoms with E-state index in [4.69, 9.17) is 4.74 Å². The first kappa shape index (κ1) is 23.5. The van der Waals surface area contributed by atoms with Gasteiger partial charge in [-0.1, -0.05) is 6.07 Å². The van der Waals surface area contributed by atoms with Crippen molar-refractivity contribution in [2.45, 2.75) is 12.8 Å². The number of hydrogen-bond acceptors (Lipinski definition) is 7. The maximum atomic E-state index is 12.3. The zero-order chi connectivity index (χ0) is 23.1. The number of nitro benzene ring substituents is 1. The van der Waals surface area contributed by atoms with Gasteiger partial charge in [0.1, 0.15) is 0 Å². The number of non-ortho nitro benzene ring substituents is 1. The molecule has 2 aromatic rings. The Kier molecular flexibility index (Phi) is 7.65. The molecule has 2 aromatic carbocycles. The quantitative estimate of drug-likeness (QED) is 0.449. The fourth-order valence-electron chi connectivity index (χ4n) is 3.43. The lowest BCUT2D eigenvalue weighted by Crippen LogP contribution is -2.36. The fourth-order valence-corrected chi connectivity index (χ4v) is 4.39. The molecule has 0 atom stereocenters. The van der Waals surface area contributed by atoms with Gasteiger partial charge in [-0.05, 0) is 36.8 Å². The van der Waals surface area contributed by atoms with Gasteiger partial charge in [-0.15, -0.1) is 0 Å². The van der Waals surface area contributed by atoms with E-state index < -0.39 is 14.9 Å². The van der Waals surface area contributed by atoms with Crippen LogP contribution in [0.25, 0.3) is 0 Å². The van der Waals surface area contributed by atoms with Gasteiger partial charge in [0.25, 0.3) is 5.69 Å². The van der Waals surface area contributed by atoms with Crippen LogP contribution in [0.3, 0.4) is 0 Å². The number of nitrogens with one attached hydrogen (secondary N) is 1. The Morgan fingerprint density at radius 3 is 2.50 bits per heavy atom. The van der Waals surface area contributed by atoms with Gasteiger partial charge < -0.3 is 15.0 Å². The highest BCUT2D eigenvalue weighted by molar-refractivity contribution is 7.92. The summed E-state index contributed by atoms with van der Waals surface area (Å²) < 4.78 is 30.8. The van der Waals surface area contributed by atoms with E-state index in [1.54, 1.807) is 0 Å². The number of anilines is 3. The number of rotatable bonds is 9. The van der Waals surface area contributed by atoms with E-state index in [2.05, 4.69) is 10.2 Å². The molecule has 1 aliphatic rings. The number of morpholine rings is 1. The fraction of sp³-hybridized carbons (Fsp3) is 0.381. The third kappa shape index (κ3) is 6.41. The number of carbonyl (C=O) groups excluding carboxylic acids is 1. The lowest BCUT2D eigenvalue weighted by atomic mass is 10.2. The predicted molar refractivity (Wildman–Crippen MR) is 123 cm³/mol. The molecule has 172 valence electrons. The average molecular weight is 463 g/mol. The van der Waals surface area contributed by atoms with Crippen molar-refractivity contribution in [3.05, 3.63) is 58.6 Å². The zero-order valence-electron chi connectivity index (χ0n) is 17.8. The molecule has 0 saturated carbocycles. The number of benzene rings is 2. The highest BCUT2D eigenvalue weighted by atomic mass is 32.2. The first-order valence-corrected chi connectivity index (χ1v) is 12.0. The largest absolute Gasteiger partial charge is 0.378 e. The van der Waals surface area contributed by atoms with E-state index in [-0.39, 0.29) is 36.7 Å². The second-order valence-electron chi connectivity index (χ2n) is 7.41. The lowest BCUT2D eigenvalue weighted by Gasteiger charge is -2.28. The van der Waals surface area contributed by atoms with E-state index in [0.717, 1.165) is 29.3 Å². The molecule has 1 N–H and O–H groups in total. The summed E-state index contributed by atoms with van der Waals surface area (Å²) in [6.07, 6.45) is 1.39. The molecule has 1 amide bonds. The Morgan fingerprint density at radius 1 is 1.19 bits per heavy atom. The summed E-state index contributed by atoms with van der Waals surface area (Å²) in [6.45, 7) is 3.07.